The normalized spacial score (nSPS) is 24.1. The van der Waals surface area contributed by atoms with Gasteiger partial charge in [-0.15, -0.1) is 10.2 Å². The van der Waals surface area contributed by atoms with E-state index in [4.69, 9.17) is 0 Å². The summed E-state index contributed by atoms with van der Waals surface area (Å²) in [5, 5.41) is 8.22. The van der Waals surface area contributed by atoms with E-state index in [-0.39, 0.29) is 70.9 Å². The van der Waals surface area contributed by atoms with E-state index in [0.29, 0.717) is 0 Å². The number of hydrogen-bond acceptors (Lipinski definition) is 8. The van der Waals surface area contributed by atoms with Crippen LogP contribution in [0.5, 0.6) is 0 Å². The first-order valence-corrected chi connectivity index (χ1v) is 13.8. The van der Waals surface area contributed by atoms with Crippen molar-refractivity contribution >= 4 is 11.6 Å². The Bertz CT molecular complexity index is 1570. The number of nitrogens with zero attached hydrogens (tertiary/aromatic N) is 8. The number of carbonyl (C=O) groups excluding carboxylic acids is 2. The molecule has 4 atom stereocenters. The predicted octanol–water partition coefficient (Wildman–Crippen LogP) is 4.82. The Morgan fingerprint density at radius 1 is 0.690 bits per heavy atom. The SMILES string of the molecule is O=C(c1nc2n(n1)[C@H](c1ncccc1F)CC2F)C1CC1.O=C(c1nc2n(n1)[C@H](c1ncccc1F)C[C@@H]2F)C1CC1. The van der Waals surface area contributed by atoms with Crippen LogP contribution in [0.2, 0.25) is 0 Å². The van der Waals surface area contributed by atoms with Crippen LogP contribution >= 0.6 is 0 Å². The second-order valence-electron chi connectivity index (χ2n) is 10.9. The summed E-state index contributed by atoms with van der Waals surface area (Å²) in [6.07, 6.45) is 3.62. The second kappa shape index (κ2) is 10.2. The van der Waals surface area contributed by atoms with Gasteiger partial charge in [0.25, 0.3) is 0 Å². The van der Waals surface area contributed by atoms with Crippen molar-refractivity contribution in [3.63, 3.8) is 0 Å². The van der Waals surface area contributed by atoms with E-state index in [2.05, 4.69) is 30.1 Å². The number of fused-ring (bicyclic) bond motifs is 2. The molecule has 2 aliphatic heterocycles. The molecule has 4 aromatic rings. The van der Waals surface area contributed by atoms with Gasteiger partial charge in [0.2, 0.25) is 23.2 Å². The van der Waals surface area contributed by atoms with Crippen LogP contribution in [-0.4, -0.2) is 51.1 Å². The van der Waals surface area contributed by atoms with Crippen molar-refractivity contribution in [3.8, 4) is 0 Å². The summed E-state index contributed by atoms with van der Waals surface area (Å²) in [7, 11) is 0. The van der Waals surface area contributed by atoms with Crippen molar-refractivity contribution in [2.45, 2.75) is 63.0 Å². The van der Waals surface area contributed by atoms with E-state index in [1.165, 1.54) is 46.0 Å². The highest BCUT2D eigenvalue weighted by Gasteiger charge is 2.42. The van der Waals surface area contributed by atoms with Gasteiger partial charge in [-0.1, -0.05) is 0 Å². The van der Waals surface area contributed by atoms with E-state index in [1.807, 2.05) is 0 Å². The third kappa shape index (κ3) is 4.68. The minimum absolute atomic E-state index is 0.0313. The lowest BCUT2D eigenvalue weighted by Gasteiger charge is -2.11. The number of rotatable bonds is 6. The zero-order valence-electron chi connectivity index (χ0n) is 22.1. The highest BCUT2D eigenvalue weighted by Crippen LogP contribution is 2.41. The number of aromatic nitrogens is 8. The van der Waals surface area contributed by atoms with Crippen LogP contribution in [0.25, 0.3) is 0 Å². The van der Waals surface area contributed by atoms with E-state index in [1.54, 1.807) is 0 Å². The summed E-state index contributed by atoms with van der Waals surface area (Å²) in [6.45, 7) is 0. The van der Waals surface area contributed by atoms with Crippen LogP contribution in [-0.2, 0) is 0 Å². The van der Waals surface area contributed by atoms with Crippen molar-refractivity contribution in [2.24, 2.45) is 11.8 Å². The number of carbonyl (C=O) groups is 2. The summed E-state index contributed by atoms with van der Waals surface area (Å²) in [5.74, 6) is -1.11. The van der Waals surface area contributed by atoms with Gasteiger partial charge in [-0.05, 0) is 49.9 Å². The molecule has 0 spiro atoms. The van der Waals surface area contributed by atoms with Gasteiger partial charge in [-0.25, -0.2) is 36.9 Å². The molecule has 2 saturated carbocycles. The Labute approximate surface area is 236 Å². The van der Waals surface area contributed by atoms with Crippen molar-refractivity contribution < 1.29 is 27.2 Å². The summed E-state index contributed by atoms with van der Waals surface area (Å²) in [5.41, 5.74) is 0.267. The Balaban J connectivity index is 0.000000137. The lowest BCUT2D eigenvalue weighted by Crippen LogP contribution is -2.13. The molecule has 216 valence electrons. The number of halogens is 4. The molecule has 0 N–H and O–H groups in total. The molecule has 4 aromatic heterocycles. The van der Waals surface area contributed by atoms with Crippen molar-refractivity contribution in [2.75, 3.05) is 0 Å². The molecule has 8 rings (SSSR count). The zero-order chi connectivity index (χ0) is 29.1. The molecule has 0 radical (unpaired) electrons. The number of Topliss-reactive ketones (excluding diaryl/α,β-unsaturated/α-hetero) is 2. The van der Waals surface area contributed by atoms with E-state index >= 15 is 0 Å². The van der Waals surface area contributed by atoms with E-state index in [0.717, 1.165) is 25.7 Å². The third-order valence-corrected chi connectivity index (χ3v) is 7.87. The fraction of sp³-hybridized carbons (Fsp3) is 0.429. The molecule has 6 heterocycles. The van der Waals surface area contributed by atoms with E-state index in [9.17, 15) is 27.2 Å². The average Bonchev–Trinajstić information content (AvgIpc) is 3.87. The third-order valence-electron chi connectivity index (χ3n) is 7.87. The molecule has 0 saturated heterocycles. The van der Waals surface area contributed by atoms with Gasteiger partial charge in [-0.3, -0.25) is 19.6 Å². The Morgan fingerprint density at radius 2 is 1.10 bits per heavy atom. The molecular weight excluding hydrogens is 556 g/mol. The van der Waals surface area contributed by atoms with Crippen LogP contribution in [0, 0.1) is 23.5 Å². The Kier molecular flexibility index (Phi) is 6.43. The van der Waals surface area contributed by atoms with Crippen molar-refractivity contribution in [3.05, 3.63) is 83.0 Å². The lowest BCUT2D eigenvalue weighted by molar-refractivity contribution is 0.0949. The monoisotopic (exact) mass is 580 g/mol. The molecule has 2 aliphatic carbocycles. The number of alkyl halides is 2. The maximum atomic E-state index is 14.1. The molecule has 4 aliphatic rings. The summed E-state index contributed by atoms with van der Waals surface area (Å²) < 4.78 is 58.5. The quantitative estimate of drug-likeness (QED) is 0.235. The van der Waals surface area contributed by atoms with Crippen LogP contribution in [0.3, 0.4) is 0 Å². The van der Waals surface area contributed by atoms with Crippen LogP contribution in [0.4, 0.5) is 17.6 Å². The summed E-state index contributed by atoms with van der Waals surface area (Å²) in [6, 6.07) is 4.21. The van der Waals surface area contributed by atoms with E-state index < -0.39 is 36.1 Å². The summed E-state index contributed by atoms with van der Waals surface area (Å²) >= 11 is 0. The molecule has 10 nitrogen and oxygen atoms in total. The molecule has 0 amide bonds. The number of hydrogen-bond donors (Lipinski definition) is 0. The highest BCUT2D eigenvalue weighted by atomic mass is 19.1. The molecule has 0 aromatic carbocycles. The van der Waals surface area contributed by atoms with Gasteiger partial charge in [0.15, 0.2) is 24.0 Å². The van der Waals surface area contributed by atoms with Crippen LogP contribution < -0.4 is 0 Å². The smallest absolute Gasteiger partial charge is 0.217 e. The largest absolute Gasteiger partial charge is 0.290 e. The fourth-order valence-electron chi connectivity index (χ4n) is 5.37. The van der Waals surface area contributed by atoms with Gasteiger partial charge in [0.1, 0.15) is 35.1 Å². The lowest BCUT2D eigenvalue weighted by atomic mass is 10.1. The molecule has 2 fully saturated rings. The van der Waals surface area contributed by atoms with Crippen molar-refractivity contribution in [1.29, 1.82) is 0 Å². The number of pyridine rings is 2. The zero-order valence-corrected chi connectivity index (χ0v) is 22.1. The maximum Gasteiger partial charge on any atom is 0.217 e. The first kappa shape index (κ1) is 26.5. The van der Waals surface area contributed by atoms with Gasteiger partial charge < -0.3 is 0 Å². The van der Waals surface area contributed by atoms with Crippen LogP contribution in [0.1, 0.15) is 107 Å². The van der Waals surface area contributed by atoms with Gasteiger partial charge >= 0.3 is 0 Å². The van der Waals surface area contributed by atoms with Crippen molar-refractivity contribution in [1.82, 2.24) is 39.5 Å². The summed E-state index contributed by atoms with van der Waals surface area (Å²) in [4.78, 5) is 39.9. The van der Waals surface area contributed by atoms with Gasteiger partial charge in [0, 0.05) is 37.1 Å². The standard InChI is InChI=1S/2C14H12F2N4O/c2*15-8-2-1-5-17-11(8)10-6-9(16)14-18-13(19-20(10)14)12(21)7-3-4-7/h2*1-2,5,7,9-10H,3-4,6H2/t9?,10-;9-,10-/m00/s1. The minimum atomic E-state index is -1.36. The predicted molar refractivity (Wildman–Crippen MR) is 136 cm³/mol. The minimum Gasteiger partial charge on any atom is -0.290 e. The second-order valence-corrected chi connectivity index (χ2v) is 10.9. The number of ketones is 2. The Hall–Kier alpha value is -4.36. The molecule has 42 heavy (non-hydrogen) atoms. The fourth-order valence-corrected chi connectivity index (χ4v) is 5.37. The average molecular weight is 581 g/mol. The topological polar surface area (TPSA) is 121 Å². The van der Waals surface area contributed by atoms with Gasteiger partial charge in [0.05, 0.1) is 0 Å². The van der Waals surface area contributed by atoms with Gasteiger partial charge in [-0.2, -0.15) is 0 Å². The first-order chi connectivity index (χ1) is 20.3. The molecule has 14 heteroatoms. The van der Waals surface area contributed by atoms with Crippen LogP contribution in [0.15, 0.2) is 36.7 Å². The maximum absolute atomic E-state index is 14.1. The molecule has 0 bridgehead atoms. The molecular formula is C28H24F4N8O2. The highest BCUT2D eigenvalue weighted by molar-refractivity contribution is 5.96. The molecule has 1 unspecified atom stereocenters. The first-order valence-electron chi connectivity index (χ1n) is 13.8. The Morgan fingerprint density at radius 3 is 1.45 bits per heavy atom.